The van der Waals surface area contributed by atoms with Gasteiger partial charge in [0, 0.05) is 6.04 Å². The lowest BCUT2D eigenvalue weighted by atomic mass is 10.1. The maximum Gasteiger partial charge on any atom is 0.315 e. The van der Waals surface area contributed by atoms with Crippen molar-refractivity contribution in [3.05, 3.63) is 0 Å². The summed E-state index contributed by atoms with van der Waals surface area (Å²) in [5, 5.41) is 5.42. The predicted octanol–water partition coefficient (Wildman–Crippen LogP) is 2.28. The standard InChI is InChI=1S/C12H22N2O/c1-4-6-7-8-9-11(3)14-12(15)13-10-5-2/h2,11H,4,6-10H2,1,3H3,(H2,13,14,15)/t11-/m0/s1. The zero-order valence-corrected chi connectivity index (χ0v) is 9.81. The van der Waals surface area contributed by atoms with Crippen LogP contribution in [0.4, 0.5) is 4.79 Å². The molecule has 2 N–H and O–H groups in total. The van der Waals surface area contributed by atoms with Crippen LogP contribution in [0.1, 0.15) is 46.0 Å². The fourth-order valence-electron chi connectivity index (χ4n) is 1.36. The first-order valence-electron chi connectivity index (χ1n) is 5.68. The van der Waals surface area contributed by atoms with Crippen molar-refractivity contribution in [2.24, 2.45) is 0 Å². The van der Waals surface area contributed by atoms with E-state index in [1.807, 2.05) is 6.92 Å². The first-order chi connectivity index (χ1) is 7.20. The second-order valence-electron chi connectivity index (χ2n) is 3.78. The minimum atomic E-state index is -0.170. The molecule has 0 rings (SSSR count). The highest BCUT2D eigenvalue weighted by Crippen LogP contribution is 2.04. The van der Waals surface area contributed by atoms with Crippen LogP contribution in [-0.2, 0) is 0 Å². The SMILES string of the molecule is C#CCNC(=O)N[C@@H](C)CCCCCC. The zero-order chi connectivity index (χ0) is 11.5. The van der Waals surface area contributed by atoms with Crippen LogP contribution in [0, 0.1) is 12.3 Å². The molecule has 0 spiro atoms. The maximum absolute atomic E-state index is 11.2. The van der Waals surface area contributed by atoms with Crippen LogP contribution < -0.4 is 10.6 Å². The highest BCUT2D eigenvalue weighted by atomic mass is 16.2. The number of hydrogen-bond donors (Lipinski definition) is 2. The molecule has 0 aliphatic carbocycles. The lowest BCUT2D eigenvalue weighted by Gasteiger charge is -2.13. The molecule has 0 saturated heterocycles. The highest BCUT2D eigenvalue weighted by molar-refractivity contribution is 5.74. The van der Waals surface area contributed by atoms with Gasteiger partial charge in [0.25, 0.3) is 0 Å². The van der Waals surface area contributed by atoms with E-state index in [1.54, 1.807) is 0 Å². The Kier molecular flexibility index (Phi) is 8.66. The number of carbonyl (C=O) groups is 1. The van der Waals surface area contributed by atoms with Gasteiger partial charge in [0.2, 0.25) is 0 Å². The van der Waals surface area contributed by atoms with Crippen molar-refractivity contribution in [1.29, 1.82) is 0 Å². The van der Waals surface area contributed by atoms with Crippen molar-refractivity contribution < 1.29 is 4.79 Å². The number of nitrogens with one attached hydrogen (secondary N) is 2. The Bertz CT molecular complexity index is 208. The van der Waals surface area contributed by atoms with Crippen molar-refractivity contribution in [3.8, 4) is 12.3 Å². The van der Waals surface area contributed by atoms with Crippen molar-refractivity contribution in [2.45, 2.75) is 52.0 Å². The lowest BCUT2D eigenvalue weighted by molar-refractivity contribution is 0.238. The monoisotopic (exact) mass is 210 g/mol. The van der Waals surface area contributed by atoms with E-state index in [-0.39, 0.29) is 18.6 Å². The molecule has 0 aliphatic heterocycles. The van der Waals surface area contributed by atoms with Crippen LogP contribution in [-0.4, -0.2) is 18.6 Å². The molecule has 15 heavy (non-hydrogen) atoms. The fraction of sp³-hybridized carbons (Fsp3) is 0.750. The summed E-state index contributed by atoms with van der Waals surface area (Å²) in [5.41, 5.74) is 0. The largest absolute Gasteiger partial charge is 0.336 e. The summed E-state index contributed by atoms with van der Waals surface area (Å²) in [4.78, 5) is 11.2. The Hall–Kier alpha value is -1.17. The smallest absolute Gasteiger partial charge is 0.315 e. The van der Waals surface area contributed by atoms with Gasteiger partial charge in [-0.15, -0.1) is 6.42 Å². The predicted molar refractivity (Wildman–Crippen MR) is 63.6 cm³/mol. The molecule has 0 aliphatic rings. The third-order valence-corrected chi connectivity index (χ3v) is 2.22. The van der Waals surface area contributed by atoms with E-state index in [1.165, 1.54) is 25.7 Å². The van der Waals surface area contributed by atoms with Gasteiger partial charge >= 0.3 is 6.03 Å². The van der Waals surface area contributed by atoms with Crippen LogP contribution >= 0.6 is 0 Å². The van der Waals surface area contributed by atoms with Gasteiger partial charge in [-0.25, -0.2) is 4.79 Å². The van der Waals surface area contributed by atoms with Crippen LogP contribution in [0.5, 0.6) is 0 Å². The summed E-state index contributed by atoms with van der Waals surface area (Å²) in [6.07, 6.45) is 11.0. The van der Waals surface area contributed by atoms with E-state index >= 15 is 0 Å². The number of rotatable bonds is 7. The Labute approximate surface area is 93.0 Å². The molecule has 1 atom stereocenters. The molecular formula is C12H22N2O. The molecule has 86 valence electrons. The van der Waals surface area contributed by atoms with Crippen molar-refractivity contribution in [2.75, 3.05) is 6.54 Å². The minimum absolute atomic E-state index is 0.170. The quantitative estimate of drug-likeness (QED) is 0.491. The Balaban J connectivity index is 3.43. The summed E-state index contributed by atoms with van der Waals surface area (Å²) in [6, 6.07) is 0.0515. The molecule has 2 amide bonds. The minimum Gasteiger partial charge on any atom is -0.336 e. The van der Waals surface area contributed by atoms with Gasteiger partial charge in [-0.3, -0.25) is 0 Å². The molecule has 0 heterocycles. The molecular weight excluding hydrogens is 188 g/mol. The van der Waals surface area contributed by atoms with Crippen LogP contribution in [0.3, 0.4) is 0 Å². The van der Waals surface area contributed by atoms with Crippen LogP contribution in [0.15, 0.2) is 0 Å². The van der Waals surface area contributed by atoms with Gasteiger partial charge < -0.3 is 10.6 Å². The highest BCUT2D eigenvalue weighted by Gasteiger charge is 2.05. The summed E-state index contributed by atoms with van der Waals surface area (Å²) >= 11 is 0. The second kappa shape index (κ2) is 9.39. The van der Waals surface area contributed by atoms with Crippen LogP contribution in [0.25, 0.3) is 0 Å². The Morgan fingerprint density at radius 1 is 1.40 bits per heavy atom. The maximum atomic E-state index is 11.2. The molecule has 0 saturated carbocycles. The van der Waals surface area contributed by atoms with Crippen LogP contribution in [0.2, 0.25) is 0 Å². The number of hydrogen-bond acceptors (Lipinski definition) is 1. The first-order valence-corrected chi connectivity index (χ1v) is 5.68. The second-order valence-corrected chi connectivity index (χ2v) is 3.78. The molecule has 0 aromatic rings. The van der Waals surface area contributed by atoms with Gasteiger partial charge in [-0.05, 0) is 13.3 Å². The van der Waals surface area contributed by atoms with E-state index < -0.39 is 0 Å². The average Bonchev–Trinajstić information content (AvgIpc) is 2.21. The topological polar surface area (TPSA) is 41.1 Å². The van der Waals surface area contributed by atoms with Crippen molar-refractivity contribution >= 4 is 6.03 Å². The van der Waals surface area contributed by atoms with E-state index in [9.17, 15) is 4.79 Å². The summed E-state index contributed by atoms with van der Waals surface area (Å²) < 4.78 is 0. The number of amides is 2. The number of urea groups is 1. The van der Waals surface area contributed by atoms with E-state index in [0.29, 0.717) is 0 Å². The summed E-state index contributed by atoms with van der Waals surface area (Å²) in [5.74, 6) is 2.36. The summed E-state index contributed by atoms with van der Waals surface area (Å²) in [7, 11) is 0. The molecule has 3 heteroatoms. The zero-order valence-electron chi connectivity index (χ0n) is 9.81. The van der Waals surface area contributed by atoms with Gasteiger partial charge in [-0.2, -0.15) is 0 Å². The first kappa shape index (κ1) is 13.8. The number of carbonyl (C=O) groups excluding carboxylic acids is 1. The fourth-order valence-corrected chi connectivity index (χ4v) is 1.36. The molecule has 0 aromatic carbocycles. The van der Waals surface area contributed by atoms with E-state index in [2.05, 4.69) is 23.5 Å². The van der Waals surface area contributed by atoms with E-state index in [0.717, 1.165) is 6.42 Å². The summed E-state index contributed by atoms with van der Waals surface area (Å²) in [6.45, 7) is 4.49. The van der Waals surface area contributed by atoms with E-state index in [4.69, 9.17) is 6.42 Å². The number of unbranched alkanes of at least 4 members (excludes halogenated alkanes) is 3. The third kappa shape index (κ3) is 9.14. The average molecular weight is 210 g/mol. The lowest BCUT2D eigenvalue weighted by Crippen LogP contribution is -2.40. The Morgan fingerprint density at radius 2 is 2.13 bits per heavy atom. The number of terminal acetylenes is 1. The molecule has 0 radical (unpaired) electrons. The van der Waals surface area contributed by atoms with Gasteiger partial charge in [-0.1, -0.05) is 38.5 Å². The van der Waals surface area contributed by atoms with Crippen molar-refractivity contribution in [3.63, 3.8) is 0 Å². The molecule has 0 fully saturated rings. The Morgan fingerprint density at radius 3 is 2.73 bits per heavy atom. The van der Waals surface area contributed by atoms with Gasteiger partial charge in [0.05, 0.1) is 6.54 Å². The molecule has 3 nitrogen and oxygen atoms in total. The van der Waals surface area contributed by atoms with Crippen molar-refractivity contribution in [1.82, 2.24) is 10.6 Å². The molecule has 0 unspecified atom stereocenters. The normalized spacial score (nSPS) is 11.5. The van der Waals surface area contributed by atoms with Gasteiger partial charge in [0.1, 0.15) is 0 Å². The molecule has 0 bridgehead atoms. The third-order valence-electron chi connectivity index (χ3n) is 2.22. The van der Waals surface area contributed by atoms with Gasteiger partial charge in [0.15, 0.2) is 0 Å². The molecule has 0 aromatic heterocycles.